The first-order valence-electron chi connectivity index (χ1n) is 8.73. The normalized spacial score (nSPS) is 16.7. The van der Waals surface area contributed by atoms with Crippen LogP contribution in [0.4, 0.5) is 14.5 Å². The van der Waals surface area contributed by atoms with Crippen molar-refractivity contribution >= 4 is 40.8 Å². The third-order valence-corrected chi connectivity index (χ3v) is 4.97. The van der Waals surface area contributed by atoms with Crippen LogP contribution in [0.1, 0.15) is 17.5 Å². The van der Waals surface area contributed by atoms with Gasteiger partial charge in [-0.15, -0.1) is 0 Å². The lowest BCUT2D eigenvalue weighted by molar-refractivity contribution is 0.550. The summed E-state index contributed by atoms with van der Waals surface area (Å²) in [5.74, 6) is -1.08. The minimum Gasteiger partial charge on any atom is -0.375 e. The van der Waals surface area contributed by atoms with Crippen LogP contribution in [-0.4, -0.2) is 30.5 Å². The molecule has 1 heterocycles. The molecular weight excluding hydrogens is 404 g/mol. The smallest absolute Gasteiger partial charge is 0.184 e. The number of anilines is 1. The van der Waals surface area contributed by atoms with Crippen LogP contribution in [0.25, 0.3) is 0 Å². The van der Waals surface area contributed by atoms with Crippen molar-refractivity contribution < 1.29 is 8.78 Å². The summed E-state index contributed by atoms with van der Waals surface area (Å²) in [7, 11) is 0. The van der Waals surface area contributed by atoms with E-state index in [4.69, 9.17) is 17.3 Å². The van der Waals surface area contributed by atoms with E-state index in [0.29, 0.717) is 24.7 Å². The molecule has 0 aliphatic carbocycles. The number of hydrogen-bond donors (Lipinski definition) is 3. The molecule has 2 aromatic rings. The summed E-state index contributed by atoms with van der Waals surface area (Å²) in [6.07, 6.45) is 1.96. The summed E-state index contributed by atoms with van der Waals surface area (Å²) in [6, 6.07) is 10.1. The van der Waals surface area contributed by atoms with Gasteiger partial charge in [0.2, 0.25) is 0 Å². The second kappa shape index (κ2) is 9.27. The molecule has 0 aromatic heterocycles. The molecule has 5 nitrogen and oxygen atoms in total. The van der Waals surface area contributed by atoms with Gasteiger partial charge in [0.1, 0.15) is 11.6 Å². The Morgan fingerprint density at radius 3 is 2.86 bits per heavy atom. The fraction of sp³-hybridized carbons (Fsp3) is 0.263. The molecule has 9 heteroatoms. The van der Waals surface area contributed by atoms with E-state index in [-0.39, 0.29) is 22.4 Å². The lowest BCUT2D eigenvalue weighted by atomic mass is 10.2. The third kappa shape index (κ3) is 5.15. The largest absolute Gasteiger partial charge is 0.375 e. The SMILES string of the molecule is NC(=S)N/N=C/c1cc(F)c(N2CC[C@H](NCc3ccccc3Cl)C2)cc1F. The van der Waals surface area contributed by atoms with E-state index in [1.807, 2.05) is 29.2 Å². The molecule has 0 saturated carbocycles. The maximum atomic E-state index is 14.5. The highest BCUT2D eigenvalue weighted by molar-refractivity contribution is 7.80. The Hall–Kier alpha value is -2.29. The monoisotopic (exact) mass is 423 g/mol. The second-order valence-corrected chi connectivity index (χ2v) is 7.31. The average Bonchev–Trinajstić information content (AvgIpc) is 3.12. The fourth-order valence-corrected chi connectivity index (χ4v) is 3.36. The summed E-state index contributed by atoms with van der Waals surface area (Å²) < 4.78 is 28.8. The van der Waals surface area contributed by atoms with Crippen molar-refractivity contribution in [3.8, 4) is 0 Å². The van der Waals surface area contributed by atoms with Gasteiger partial charge in [0.25, 0.3) is 0 Å². The standard InChI is InChI=1S/C19H20ClF2N5S/c20-15-4-2-1-3-12(15)9-24-14-5-6-27(11-14)18-8-16(21)13(7-17(18)22)10-25-26-19(23)28/h1-4,7-8,10,14,24H,5-6,9,11H2,(H3,23,26,28)/b25-10+/t14-/m0/s1. The maximum Gasteiger partial charge on any atom is 0.184 e. The summed E-state index contributed by atoms with van der Waals surface area (Å²) in [5.41, 5.74) is 8.80. The van der Waals surface area contributed by atoms with Gasteiger partial charge in [0.05, 0.1) is 11.9 Å². The zero-order chi connectivity index (χ0) is 20.1. The molecule has 148 valence electrons. The summed E-state index contributed by atoms with van der Waals surface area (Å²) >= 11 is 10.8. The fourth-order valence-electron chi connectivity index (χ4n) is 3.10. The van der Waals surface area contributed by atoms with Gasteiger partial charge in [-0.3, -0.25) is 5.43 Å². The Labute approximate surface area is 172 Å². The number of hydrazone groups is 1. The number of halogens is 3. The zero-order valence-corrected chi connectivity index (χ0v) is 16.5. The first-order valence-corrected chi connectivity index (χ1v) is 9.52. The molecule has 0 radical (unpaired) electrons. The second-order valence-electron chi connectivity index (χ2n) is 6.46. The van der Waals surface area contributed by atoms with E-state index in [1.54, 1.807) is 0 Å². The van der Waals surface area contributed by atoms with Crippen LogP contribution in [0.3, 0.4) is 0 Å². The molecule has 0 unspecified atom stereocenters. The van der Waals surface area contributed by atoms with Crippen LogP contribution >= 0.6 is 23.8 Å². The summed E-state index contributed by atoms with van der Waals surface area (Å²) in [5, 5.41) is 7.74. The van der Waals surface area contributed by atoms with Gasteiger partial charge in [-0.2, -0.15) is 5.10 Å². The number of benzene rings is 2. The first kappa shape index (κ1) is 20.4. The highest BCUT2D eigenvalue weighted by Crippen LogP contribution is 2.26. The molecule has 0 amide bonds. The number of nitrogens with one attached hydrogen (secondary N) is 2. The first-order chi connectivity index (χ1) is 13.4. The summed E-state index contributed by atoms with van der Waals surface area (Å²) in [4.78, 5) is 1.83. The quantitative estimate of drug-likeness (QED) is 0.378. The Morgan fingerprint density at radius 2 is 2.11 bits per heavy atom. The van der Waals surface area contributed by atoms with Crippen molar-refractivity contribution in [2.24, 2.45) is 10.8 Å². The molecular formula is C19H20ClF2N5S. The highest BCUT2D eigenvalue weighted by Gasteiger charge is 2.25. The maximum absolute atomic E-state index is 14.5. The molecule has 0 bridgehead atoms. The minimum absolute atomic E-state index is 0.0117. The van der Waals surface area contributed by atoms with Crippen molar-refractivity contribution in [3.05, 3.63) is 64.2 Å². The lowest BCUT2D eigenvalue weighted by Crippen LogP contribution is -2.32. The number of hydrogen-bond acceptors (Lipinski definition) is 4. The van der Waals surface area contributed by atoms with Crippen LogP contribution in [0.5, 0.6) is 0 Å². The minimum atomic E-state index is -0.572. The topological polar surface area (TPSA) is 65.7 Å². The van der Waals surface area contributed by atoms with Gasteiger partial charge in [-0.05, 0) is 36.3 Å². The number of nitrogens with zero attached hydrogens (tertiary/aromatic N) is 2. The van der Waals surface area contributed by atoms with Crippen LogP contribution in [0.15, 0.2) is 41.5 Å². The third-order valence-electron chi connectivity index (χ3n) is 4.51. The van der Waals surface area contributed by atoms with Crippen LogP contribution < -0.4 is 21.4 Å². The van der Waals surface area contributed by atoms with Gasteiger partial charge < -0.3 is 16.0 Å². The molecule has 28 heavy (non-hydrogen) atoms. The number of nitrogens with two attached hydrogens (primary N) is 1. The van der Waals surface area contributed by atoms with Gasteiger partial charge in [-0.25, -0.2) is 8.78 Å². The zero-order valence-electron chi connectivity index (χ0n) is 15.0. The molecule has 1 aliphatic rings. The van der Waals surface area contributed by atoms with Gasteiger partial charge >= 0.3 is 0 Å². The highest BCUT2D eigenvalue weighted by atomic mass is 35.5. The molecule has 3 rings (SSSR count). The average molecular weight is 424 g/mol. The van der Waals surface area contributed by atoms with E-state index < -0.39 is 11.6 Å². The molecule has 1 atom stereocenters. The predicted molar refractivity (Wildman–Crippen MR) is 113 cm³/mol. The van der Waals surface area contributed by atoms with Crippen molar-refractivity contribution in [1.82, 2.24) is 10.7 Å². The molecule has 1 saturated heterocycles. The van der Waals surface area contributed by atoms with E-state index >= 15 is 0 Å². The van der Waals surface area contributed by atoms with Crippen LogP contribution in [0, 0.1) is 11.6 Å². The summed E-state index contributed by atoms with van der Waals surface area (Å²) in [6.45, 7) is 1.84. The van der Waals surface area contributed by atoms with Crippen LogP contribution in [0.2, 0.25) is 5.02 Å². The van der Waals surface area contributed by atoms with Crippen LogP contribution in [-0.2, 0) is 6.54 Å². The van der Waals surface area contributed by atoms with E-state index in [2.05, 4.69) is 28.1 Å². The molecule has 1 fully saturated rings. The van der Waals surface area contributed by atoms with E-state index in [0.717, 1.165) is 24.3 Å². The predicted octanol–water partition coefficient (Wildman–Crippen LogP) is 3.15. The Kier molecular flexibility index (Phi) is 6.77. The number of rotatable bonds is 6. The van der Waals surface area contributed by atoms with Crippen molar-refractivity contribution in [1.29, 1.82) is 0 Å². The van der Waals surface area contributed by atoms with Gasteiger partial charge in [0, 0.05) is 42.3 Å². The van der Waals surface area contributed by atoms with Crippen molar-refractivity contribution in [2.45, 2.75) is 19.0 Å². The Bertz CT molecular complexity index is 893. The molecule has 4 N–H and O–H groups in total. The lowest BCUT2D eigenvalue weighted by Gasteiger charge is -2.20. The van der Waals surface area contributed by atoms with Gasteiger partial charge in [-0.1, -0.05) is 29.8 Å². The van der Waals surface area contributed by atoms with E-state index in [9.17, 15) is 8.78 Å². The number of thiocarbonyl (C=S) groups is 1. The van der Waals surface area contributed by atoms with E-state index in [1.165, 1.54) is 6.07 Å². The van der Waals surface area contributed by atoms with Crippen molar-refractivity contribution in [3.63, 3.8) is 0 Å². The Morgan fingerprint density at radius 1 is 1.32 bits per heavy atom. The molecule has 1 aliphatic heterocycles. The molecule has 2 aromatic carbocycles. The molecule has 0 spiro atoms. The van der Waals surface area contributed by atoms with Gasteiger partial charge in [0.15, 0.2) is 5.11 Å². The Balaban J connectivity index is 1.63. The van der Waals surface area contributed by atoms with Crippen molar-refractivity contribution in [2.75, 3.05) is 18.0 Å².